The molecule has 5 rings (SSSR count). The first-order valence-corrected chi connectivity index (χ1v) is 14.0. The zero-order valence-electron chi connectivity index (χ0n) is 26.3. The van der Waals surface area contributed by atoms with Gasteiger partial charge in [-0.15, -0.1) is 10.2 Å². The molecule has 220 valence electrons. The number of fused-ring (bicyclic) bond motifs is 8. The van der Waals surface area contributed by atoms with Crippen LogP contribution in [-0.2, 0) is 32.9 Å². The molecule has 8 bridgehead atoms. The predicted molar refractivity (Wildman–Crippen MR) is 165 cm³/mol. The van der Waals surface area contributed by atoms with Gasteiger partial charge in [-0.1, -0.05) is 62.3 Å². The van der Waals surface area contributed by atoms with E-state index >= 15 is 0 Å². The first kappa shape index (κ1) is 30.8. The summed E-state index contributed by atoms with van der Waals surface area (Å²) in [6.07, 6.45) is 4.04. The maximum Gasteiger partial charge on any atom is 0.254 e. The van der Waals surface area contributed by atoms with E-state index in [1.54, 1.807) is 0 Å². The summed E-state index contributed by atoms with van der Waals surface area (Å²) in [7, 11) is 0. The standard InChI is InChI=1S/C32H42N8.Ni/c1-29(2,3)21-16-20-15-18-13-14-19(33-18)17-22-38-39-28(40(22)32(10,11)12)37-27-35-25(26(36-27)31(7,8)9)23(24(21)34-20)30(4,5)6;/h13-17,34H,1-12H3;. The molecule has 0 atom stereocenters. The number of nitrogens with zero attached hydrogens (tertiary/aromatic N) is 7. The molecule has 2 aliphatic heterocycles. The molecular weight excluding hydrogens is 555 g/mol. The Morgan fingerprint density at radius 1 is 0.683 bits per heavy atom. The number of H-pyrrole nitrogens is 1. The third kappa shape index (κ3) is 5.92. The summed E-state index contributed by atoms with van der Waals surface area (Å²) in [6, 6.07) is 6.30. The van der Waals surface area contributed by atoms with Gasteiger partial charge in [-0.05, 0) is 61.4 Å². The number of aliphatic imine (C=N–C) groups is 1. The van der Waals surface area contributed by atoms with Crippen molar-refractivity contribution in [2.75, 3.05) is 0 Å². The SMILES string of the molecule is CC(C)(C)C1=Nc2nc1c(C(C)(C)C)c1[nH]c(cc3nc(cc4nnc(n2)n4C(C)(C)C)C=C3)cc1C(C)(C)C.[Ni]. The van der Waals surface area contributed by atoms with Gasteiger partial charge in [0.2, 0.25) is 0 Å². The minimum Gasteiger partial charge on any atom is -0.355 e. The Morgan fingerprint density at radius 3 is 1.88 bits per heavy atom. The van der Waals surface area contributed by atoms with Crippen LogP contribution in [0.15, 0.2) is 23.2 Å². The summed E-state index contributed by atoms with van der Waals surface area (Å²) < 4.78 is 2.02. The van der Waals surface area contributed by atoms with Crippen molar-refractivity contribution in [1.82, 2.24) is 34.7 Å². The number of rotatable bonds is 0. The molecule has 3 aromatic heterocycles. The smallest absolute Gasteiger partial charge is 0.254 e. The zero-order chi connectivity index (χ0) is 29.4. The van der Waals surface area contributed by atoms with E-state index in [0.717, 1.165) is 39.4 Å². The molecule has 5 heterocycles. The van der Waals surface area contributed by atoms with Gasteiger partial charge in [-0.3, -0.25) is 4.57 Å². The average Bonchev–Trinajstić information content (AvgIpc) is 3.53. The molecule has 3 aromatic rings. The Labute approximate surface area is 253 Å². The van der Waals surface area contributed by atoms with Gasteiger partial charge in [0.25, 0.3) is 11.7 Å². The van der Waals surface area contributed by atoms with Crippen molar-refractivity contribution in [1.29, 1.82) is 0 Å². The Balaban J connectivity index is 0.00000387. The van der Waals surface area contributed by atoms with Gasteiger partial charge in [0.05, 0.1) is 22.8 Å². The molecule has 0 saturated carbocycles. The van der Waals surface area contributed by atoms with Crippen LogP contribution in [0.4, 0.5) is 5.95 Å². The van der Waals surface area contributed by atoms with Crippen LogP contribution in [0.25, 0.3) is 34.6 Å². The second-order valence-electron chi connectivity index (χ2n) is 14.9. The molecule has 0 amide bonds. The van der Waals surface area contributed by atoms with Gasteiger partial charge in [0.1, 0.15) is 0 Å². The van der Waals surface area contributed by atoms with Crippen LogP contribution in [0, 0.1) is 5.41 Å². The van der Waals surface area contributed by atoms with E-state index in [2.05, 4.69) is 110 Å². The van der Waals surface area contributed by atoms with Crippen LogP contribution in [0.3, 0.4) is 0 Å². The molecule has 0 saturated heterocycles. The first-order chi connectivity index (χ1) is 18.3. The van der Waals surface area contributed by atoms with Crippen LogP contribution < -0.4 is 0 Å². The number of aromatic nitrogens is 7. The van der Waals surface area contributed by atoms with E-state index in [4.69, 9.17) is 19.9 Å². The number of aromatic amines is 1. The zero-order valence-corrected chi connectivity index (χ0v) is 27.3. The summed E-state index contributed by atoms with van der Waals surface area (Å²) >= 11 is 0. The molecule has 8 nitrogen and oxygen atoms in total. The van der Waals surface area contributed by atoms with Crippen LogP contribution in [0.5, 0.6) is 0 Å². The maximum atomic E-state index is 5.13. The van der Waals surface area contributed by atoms with Crippen molar-refractivity contribution in [3.63, 3.8) is 0 Å². The molecule has 41 heavy (non-hydrogen) atoms. The second-order valence-corrected chi connectivity index (χ2v) is 14.9. The van der Waals surface area contributed by atoms with Gasteiger partial charge in [-0.2, -0.15) is 4.98 Å². The fraction of sp³-hybridized carbons (Fsp3) is 0.500. The summed E-state index contributed by atoms with van der Waals surface area (Å²) in [5.74, 6) is 0.860. The molecule has 9 heteroatoms. The number of hydrogen-bond acceptors (Lipinski definition) is 6. The first-order valence-electron chi connectivity index (χ1n) is 14.0. The van der Waals surface area contributed by atoms with Gasteiger partial charge >= 0.3 is 0 Å². The Bertz CT molecular complexity index is 1730. The molecule has 0 aromatic carbocycles. The maximum absolute atomic E-state index is 5.13. The van der Waals surface area contributed by atoms with Crippen molar-refractivity contribution in [3.05, 3.63) is 46.4 Å². The Morgan fingerprint density at radius 2 is 1.32 bits per heavy atom. The van der Waals surface area contributed by atoms with E-state index in [1.807, 2.05) is 22.8 Å². The third-order valence-corrected chi connectivity index (χ3v) is 7.05. The summed E-state index contributed by atoms with van der Waals surface area (Å²) in [6.45, 7) is 26.3. The van der Waals surface area contributed by atoms with Gasteiger partial charge in [0.15, 0.2) is 5.65 Å². The largest absolute Gasteiger partial charge is 0.355 e. The predicted octanol–water partition coefficient (Wildman–Crippen LogP) is 7.66. The summed E-state index contributed by atoms with van der Waals surface area (Å²) in [4.78, 5) is 23.7. The molecule has 0 radical (unpaired) electrons. The molecule has 2 aliphatic rings. The molecule has 0 fully saturated rings. The number of hydrogen-bond donors (Lipinski definition) is 1. The molecule has 1 N–H and O–H groups in total. The normalized spacial score (nSPS) is 14.2. The monoisotopic (exact) mass is 596 g/mol. The van der Waals surface area contributed by atoms with Crippen molar-refractivity contribution >= 4 is 46.3 Å². The molecule has 0 spiro atoms. The fourth-order valence-corrected chi connectivity index (χ4v) is 5.30. The van der Waals surface area contributed by atoms with Crippen LogP contribution in [0.1, 0.15) is 111 Å². The number of nitrogens with one attached hydrogen (secondary N) is 1. The quantitative estimate of drug-likeness (QED) is 0.210. The average molecular weight is 597 g/mol. The van der Waals surface area contributed by atoms with Gasteiger partial charge < -0.3 is 4.98 Å². The van der Waals surface area contributed by atoms with Crippen LogP contribution in [0.2, 0.25) is 0 Å². The van der Waals surface area contributed by atoms with Crippen molar-refractivity contribution in [2.45, 2.75) is 99.5 Å². The molecule has 0 unspecified atom stereocenters. The summed E-state index contributed by atoms with van der Waals surface area (Å²) in [5, 5.41) is 8.96. The fourth-order valence-electron chi connectivity index (χ4n) is 5.30. The topological polar surface area (TPSA) is 97.5 Å². The van der Waals surface area contributed by atoms with Crippen LogP contribution in [-0.4, -0.2) is 40.4 Å². The van der Waals surface area contributed by atoms with Crippen molar-refractivity contribution in [2.24, 2.45) is 10.4 Å². The molecular formula is C32H42N8Ni. The van der Waals surface area contributed by atoms with E-state index in [0.29, 0.717) is 17.4 Å². The van der Waals surface area contributed by atoms with Gasteiger partial charge in [0, 0.05) is 50.1 Å². The summed E-state index contributed by atoms with van der Waals surface area (Å²) in [5.41, 5.74) is 7.64. The van der Waals surface area contributed by atoms with Gasteiger partial charge in [-0.25, -0.2) is 15.0 Å². The third-order valence-electron chi connectivity index (χ3n) is 7.05. The van der Waals surface area contributed by atoms with Crippen molar-refractivity contribution in [3.8, 4) is 0 Å². The minimum atomic E-state index is -0.327. The van der Waals surface area contributed by atoms with E-state index in [-0.39, 0.29) is 38.3 Å². The minimum absolute atomic E-state index is 0. The van der Waals surface area contributed by atoms with Crippen LogP contribution >= 0.6 is 0 Å². The van der Waals surface area contributed by atoms with E-state index in [1.165, 1.54) is 5.56 Å². The molecule has 0 aliphatic carbocycles. The second kappa shape index (κ2) is 9.97. The van der Waals surface area contributed by atoms with E-state index in [9.17, 15) is 0 Å². The Hall–Kier alpha value is -3.19. The Kier molecular flexibility index (Phi) is 7.48. The van der Waals surface area contributed by atoms with E-state index < -0.39 is 0 Å². The van der Waals surface area contributed by atoms with Crippen molar-refractivity contribution < 1.29 is 16.5 Å².